The van der Waals surface area contributed by atoms with Crippen molar-refractivity contribution in [3.05, 3.63) is 83.7 Å². The maximum absolute atomic E-state index is 12.9. The number of halogens is 1. The third-order valence-corrected chi connectivity index (χ3v) is 3.94. The summed E-state index contributed by atoms with van der Waals surface area (Å²) in [4.78, 5) is 16.0. The van der Waals surface area contributed by atoms with Gasteiger partial charge in [0, 0.05) is 12.3 Å². The largest absolute Gasteiger partial charge is 0.497 e. The van der Waals surface area contributed by atoms with E-state index in [0.717, 1.165) is 12.1 Å². The van der Waals surface area contributed by atoms with E-state index in [-0.39, 0.29) is 18.3 Å². The Bertz CT molecular complexity index is 893. The van der Waals surface area contributed by atoms with E-state index in [9.17, 15) is 9.18 Å². The molecule has 0 saturated heterocycles. The van der Waals surface area contributed by atoms with Crippen LogP contribution in [-0.4, -0.2) is 28.6 Å². The van der Waals surface area contributed by atoms with Gasteiger partial charge in [0.15, 0.2) is 0 Å². The van der Waals surface area contributed by atoms with E-state index in [1.54, 1.807) is 30.5 Å². The van der Waals surface area contributed by atoms with Crippen LogP contribution >= 0.6 is 0 Å². The number of nitrogens with zero attached hydrogens (tertiary/aromatic N) is 3. The van der Waals surface area contributed by atoms with E-state index in [1.165, 1.54) is 12.1 Å². The molecule has 0 radical (unpaired) electrons. The Morgan fingerprint density at radius 2 is 2.07 bits per heavy atom. The SMILES string of the molecule is CCCOC1=C/C(=N/C(=O)OCc2ccc(F)cc2)C=CC1c1cccnn1. The number of carbonyl (C=O) groups excluding carboxylic acids is 1. The summed E-state index contributed by atoms with van der Waals surface area (Å²) < 4.78 is 23.9. The van der Waals surface area contributed by atoms with E-state index < -0.39 is 6.09 Å². The van der Waals surface area contributed by atoms with Crippen molar-refractivity contribution in [3.8, 4) is 0 Å². The lowest BCUT2D eigenvalue weighted by molar-refractivity contribution is 0.151. The number of amides is 1. The van der Waals surface area contributed by atoms with Crippen molar-refractivity contribution in [1.82, 2.24) is 10.2 Å². The molecule has 28 heavy (non-hydrogen) atoms. The summed E-state index contributed by atoms with van der Waals surface area (Å²) >= 11 is 0. The molecule has 1 unspecified atom stereocenters. The highest BCUT2D eigenvalue weighted by Crippen LogP contribution is 2.28. The molecule has 3 rings (SSSR count). The Hall–Kier alpha value is -3.35. The smallest absolute Gasteiger partial charge is 0.434 e. The molecular weight excluding hydrogens is 361 g/mol. The number of aliphatic imine (C=N–C) groups is 1. The zero-order chi connectivity index (χ0) is 19.8. The van der Waals surface area contributed by atoms with Gasteiger partial charge in [-0.15, -0.1) is 0 Å². The molecule has 7 heteroatoms. The summed E-state index contributed by atoms with van der Waals surface area (Å²) in [5, 5.41) is 8.04. The fourth-order valence-electron chi connectivity index (χ4n) is 2.58. The molecule has 0 spiro atoms. The molecule has 0 aliphatic heterocycles. The third-order valence-electron chi connectivity index (χ3n) is 3.94. The topological polar surface area (TPSA) is 73.7 Å². The number of carbonyl (C=O) groups is 1. The summed E-state index contributed by atoms with van der Waals surface area (Å²) in [6, 6.07) is 9.41. The van der Waals surface area contributed by atoms with Crippen molar-refractivity contribution in [2.24, 2.45) is 4.99 Å². The predicted octanol–water partition coefficient (Wildman–Crippen LogP) is 4.36. The molecule has 1 aromatic heterocycles. The lowest BCUT2D eigenvalue weighted by Crippen LogP contribution is -2.13. The van der Waals surface area contributed by atoms with E-state index in [2.05, 4.69) is 15.2 Å². The lowest BCUT2D eigenvalue weighted by atomic mass is 9.96. The molecule has 1 heterocycles. The zero-order valence-corrected chi connectivity index (χ0v) is 15.4. The lowest BCUT2D eigenvalue weighted by Gasteiger charge is -2.20. The van der Waals surface area contributed by atoms with E-state index in [0.29, 0.717) is 23.6 Å². The fraction of sp³-hybridized carbons (Fsp3) is 0.238. The Balaban J connectivity index is 1.69. The Labute approximate surface area is 162 Å². The number of hydrogen-bond donors (Lipinski definition) is 0. The molecule has 2 aromatic rings. The van der Waals surface area contributed by atoms with Gasteiger partial charge >= 0.3 is 6.09 Å². The van der Waals surface area contributed by atoms with E-state index >= 15 is 0 Å². The average molecular weight is 381 g/mol. The number of hydrogen-bond acceptors (Lipinski definition) is 5. The first-order valence-corrected chi connectivity index (χ1v) is 8.96. The van der Waals surface area contributed by atoms with Crippen molar-refractivity contribution in [1.29, 1.82) is 0 Å². The van der Waals surface area contributed by atoms with Gasteiger partial charge in [0.1, 0.15) is 18.2 Å². The number of rotatable bonds is 6. The van der Waals surface area contributed by atoms with Crippen LogP contribution < -0.4 is 0 Å². The van der Waals surface area contributed by atoms with Gasteiger partial charge < -0.3 is 9.47 Å². The molecule has 6 nitrogen and oxygen atoms in total. The van der Waals surface area contributed by atoms with Crippen LogP contribution in [0.4, 0.5) is 9.18 Å². The van der Waals surface area contributed by atoms with Crippen LogP contribution in [0.3, 0.4) is 0 Å². The van der Waals surface area contributed by atoms with Crippen LogP contribution in [0.25, 0.3) is 0 Å². The van der Waals surface area contributed by atoms with Crippen LogP contribution in [0, 0.1) is 5.82 Å². The van der Waals surface area contributed by atoms with Crippen molar-refractivity contribution < 1.29 is 18.7 Å². The highest BCUT2D eigenvalue weighted by Gasteiger charge is 2.21. The van der Waals surface area contributed by atoms with E-state index in [4.69, 9.17) is 9.47 Å². The van der Waals surface area contributed by atoms with Gasteiger partial charge in [0.25, 0.3) is 0 Å². The Morgan fingerprint density at radius 1 is 1.25 bits per heavy atom. The molecule has 0 fully saturated rings. The van der Waals surface area contributed by atoms with Gasteiger partial charge in [-0.2, -0.15) is 15.2 Å². The quantitative estimate of drug-likeness (QED) is 0.743. The molecule has 144 valence electrons. The molecule has 0 saturated carbocycles. The second-order valence-electron chi connectivity index (χ2n) is 6.10. The number of allylic oxidation sites excluding steroid dienone is 3. The van der Waals surface area contributed by atoms with Gasteiger partial charge in [0.2, 0.25) is 0 Å². The van der Waals surface area contributed by atoms with Crippen LogP contribution in [0.2, 0.25) is 0 Å². The van der Waals surface area contributed by atoms with Crippen LogP contribution in [0.1, 0.15) is 30.5 Å². The van der Waals surface area contributed by atoms with Gasteiger partial charge in [-0.25, -0.2) is 9.18 Å². The van der Waals surface area contributed by atoms with Crippen molar-refractivity contribution >= 4 is 11.8 Å². The van der Waals surface area contributed by atoms with Gasteiger partial charge in [-0.05, 0) is 42.3 Å². The molecule has 1 aliphatic carbocycles. The molecule has 1 atom stereocenters. The molecule has 1 amide bonds. The Kier molecular flexibility index (Phi) is 6.62. The number of ether oxygens (including phenoxy) is 2. The van der Waals surface area contributed by atoms with Gasteiger partial charge in [-0.3, -0.25) is 0 Å². The minimum absolute atomic E-state index is 0.0186. The first-order valence-electron chi connectivity index (χ1n) is 8.96. The third kappa shape index (κ3) is 5.33. The van der Waals surface area contributed by atoms with Crippen LogP contribution in [0.5, 0.6) is 0 Å². The van der Waals surface area contributed by atoms with Gasteiger partial charge in [-0.1, -0.05) is 25.1 Å². The second-order valence-corrected chi connectivity index (χ2v) is 6.10. The highest BCUT2D eigenvalue weighted by molar-refractivity contribution is 6.09. The summed E-state index contributed by atoms with van der Waals surface area (Å²) in [7, 11) is 0. The Morgan fingerprint density at radius 3 is 2.79 bits per heavy atom. The van der Waals surface area contributed by atoms with Crippen molar-refractivity contribution in [2.45, 2.75) is 25.9 Å². The average Bonchev–Trinajstić information content (AvgIpc) is 2.72. The summed E-state index contributed by atoms with van der Waals surface area (Å²) in [6.45, 7) is 2.57. The van der Waals surface area contributed by atoms with Crippen molar-refractivity contribution in [2.75, 3.05) is 6.61 Å². The van der Waals surface area contributed by atoms with Gasteiger partial charge in [0.05, 0.1) is 23.9 Å². The molecule has 1 aliphatic rings. The maximum Gasteiger partial charge on any atom is 0.434 e. The summed E-state index contributed by atoms with van der Waals surface area (Å²) in [5.41, 5.74) is 1.86. The summed E-state index contributed by atoms with van der Waals surface area (Å²) in [5.74, 6) is 0.120. The monoisotopic (exact) mass is 381 g/mol. The minimum Gasteiger partial charge on any atom is -0.497 e. The maximum atomic E-state index is 12.9. The van der Waals surface area contributed by atoms with Crippen molar-refractivity contribution in [3.63, 3.8) is 0 Å². The number of benzene rings is 1. The molecular formula is C21H20FN3O3. The normalized spacial score (nSPS) is 17.3. The molecule has 0 N–H and O–H groups in total. The van der Waals surface area contributed by atoms with E-state index in [1.807, 2.05) is 25.1 Å². The molecule has 0 bridgehead atoms. The summed E-state index contributed by atoms with van der Waals surface area (Å²) in [6.07, 6.45) is 7.01. The van der Waals surface area contributed by atoms with Crippen LogP contribution in [0.15, 0.2) is 71.6 Å². The zero-order valence-electron chi connectivity index (χ0n) is 15.4. The van der Waals surface area contributed by atoms with Crippen LogP contribution in [-0.2, 0) is 16.1 Å². The highest BCUT2D eigenvalue weighted by atomic mass is 19.1. The minimum atomic E-state index is -0.729. The number of aromatic nitrogens is 2. The second kappa shape index (κ2) is 9.55. The fourth-order valence-corrected chi connectivity index (χ4v) is 2.58. The standard InChI is InChI=1S/C21H20FN3O3/c1-2-12-27-20-13-17(9-10-18(20)19-4-3-11-23-25-19)24-21(26)28-14-15-5-7-16(22)8-6-15/h3-11,13,18H,2,12,14H2,1H3/b24-17+. The first kappa shape index (κ1) is 19.4. The first-order chi connectivity index (χ1) is 13.7. The molecule has 1 aromatic carbocycles. The predicted molar refractivity (Wildman–Crippen MR) is 102 cm³/mol.